The number of nitrogen functional groups attached to an aromatic ring is 1. The Balaban J connectivity index is 1.91. The molecular formula is C13H14N6. The molecule has 0 atom stereocenters. The lowest BCUT2D eigenvalue weighted by Crippen LogP contribution is -2.03. The Morgan fingerprint density at radius 2 is 2.16 bits per heavy atom. The molecule has 3 N–H and O–H groups in total. The Hall–Kier alpha value is -2.63. The van der Waals surface area contributed by atoms with E-state index in [0.29, 0.717) is 12.2 Å². The second-order valence-electron chi connectivity index (χ2n) is 4.29. The minimum Gasteiger partial charge on any atom is -0.397 e. The van der Waals surface area contributed by atoms with Crippen molar-refractivity contribution in [2.45, 2.75) is 6.54 Å². The fourth-order valence-electron chi connectivity index (χ4n) is 1.99. The summed E-state index contributed by atoms with van der Waals surface area (Å²) in [5.74, 6) is 0.747. The Bertz CT molecular complexity index is 718. The van der Waals surface area contributed by atoms with Gasteiger partial charge in [0.2, 0.25) is 0 Å². The van der Waals surface area contributed by atoms with Gasteiger partial charge < -0.3 is 11.1 Å². The molecule has 0 unspecified atom stereocenters. The maximum atomic E-state index is 5.92. The van der Waals surface area contributed by atoms with Crippen LogP contribution in [0.5, 0.6) is 0 Å². The summed E-state index contributed by atoms with van der Waals surface area (Å²) in [6.07, 6.45) is 3.42. The molecule has 0 radical (unpaired) electrons. The van der Waals surface area contributed by atoms with Gasteiger partial charge in [-0.2, -0.15) is 5.10 Å². The van der Waals surface area contributed by atoms with Crippen molar-refractivity contribution in [1.29, 1.82) is 0 Å². The number of nitrogens with zero attached hydrogens (tertiary/aromatic N) is 4. The molecule has 0 aliphatic rings. The van der Waals surface area contributed by atoms with Crippen LogP contribution in [0.1, 0.15) is 5.82 Å². The number of hydrogen-bond donors (Lipinski definition) is 2. The number of anilines is 2. The highest BCUT2D eigenvalue weighted by Gasteiger charge is 2.05. The number of aryl methyl sites for hydroxylation is 1. The van der Waals surface area contributed by atoms with Crippen LogP contribution in [0.3, 0.4) is 0 Å². The molecule has 0 bridgehead atoms. The number of pyridine rings is 1. The molecule has 96 valence electrons. The largest absolute Gasteiger partial charge is 0.397 e. The summed E-state index contributed by atoms with van der Waals surface area (Å²) in [5.41, 5.74) is 8.38. The summed E-state index contributed by atoms with van der Waals surface area (Å²) in [6, 6.07) is 7.69. The van der Waals surface area contributed by atoms with Crippen LogP contribution < -0.4 is 11.1 Å². The third-order valence-corrected chi connectivity index (χ3v) is 2.88. The first-order valence-electron chi connectivity index (χ1n) is 5.95. The van der Waals surface area contributed by atoms with Crippen LogP contribution in [0.25, 0.3) is 10.9 Å². The van der Waals surface area contributed by atoms with Crippen LogP contribution >= 0.6 is 0 Å². The Kier molecular flexibility index (Phi) is 2.75. The quantitative estimate of drug-likeness (QED) is 0.693. The molecule has 6 heteroatoms. The molecule has 2 heterocycles. The van der Waals surface area contributed by atoms with Crippen molar-refractivity contribution >= 4 is 22.3 Å². The van der Waals surface area contributed by atoms with Gasteiger partial charge in [-0.15, -0.1) is 0 Å². The van der Waals surface area contributed by atoms with Crippen LogP contribution in [0.15, 0.2) is 36.8 Å². The molecule has 2 aromatic heterocycles. The van der Waals surface area contributed by atoms with Crippen LogP contribution in [-0.2, 0) is 13.6 Å². The predicted molar refractivity (Wildman–Crippen MR) is 74.5 cm³/mol. The van der Waals surface area contributed by atoms with Gasteiger partial charge in [0.1, 0.15) is 6.33 Å². The Morgan fingerprint density at radius 1 is 1.26 bits per heavy atom. The Morgan fingerprint density at radius 3 is 2.95 bits per heavy atom. The molecule has 1 aromatic carbocycles. The zero-order valence-electron chi connectivity index (χ0n) is 10.5. The van der Waals surface area contributed by atoms with Gasteiger partial charge in [-0.25, -0.2) is 4.98 Å². The molecule has 0 saturated carbocycles. The molecule has 0 amide bonds. The van der Waals surface area contributed by atoms with Crippen LogP contribution in [0.4, 0.5) is 11.4 Å². The molecule has 0 aliphatic carbocycles. The van der Waals surface area contributed by atoms with Gasteiger partial charge in [0, 0.05) is 24.3 Å². The zero-order chi connectivity index (χ0) is 13.2. The second-order valence-corrected chi connectivity index (χ2v) is 4.29. The summed E-state index contributed by atoms with van der Waals surface area (Å²) in [5, 5.41) is 8.54. The van der Waals surface area contributed by atoms with E-state index in [1.807, 2.05) is 31.3 Å². The van der Waals surface area contributed by atoms with Crippen molar-refractivity contribution in [2.75, 3.05) is 11.1 Å². The van der Waals surface area contributed by atoms with E-state index in [4.69, 9.17) is 5.73 Å². The van der Waals surface area contributed by atoms with Gasteiger partial charge in [0.15, 0.2) is 5.82 Å². The van der Waals surface area contributed by atoms with Crippen LogP contribution in [-0.4, -0.2) is 19.7 Å². The molecule has 3 aromatic rings. The normalized spacial score (nSPS) is 10.8. The fraction of sp³-hybridized carbons (Fsp3) is 0.154. The lowest BCUT2D eigenvalue weighted by Gasteiger charge is -2.09. The summed E-state index contributed by atoms with van der Waals surface area (Å²) < 4.78 is 1.68. The standard InChI is InChI=1S/C13H14N6/c1-19-8-17-12(18-19)7-16-11-5-4-10(14)13-9(11)3-2-6-15-13/h2-6,8,16H,7,14H2,1H3. The molecule has 0 spiro atoms. The number of nitrogens with one attached hydrogen (secondary N) is 1. The van der Waals surface area contributed by atoms with Crippen molar-refractivity contribution in [2.24, 2.45) is 7.05 Å². The van der Waals surface area contributed by atoms with E-state index in [1.54, 1.807) is 17.2 Å². The summed E-state index contributed by atoms with van der Waals surface area (Å²) in [7, 11) is 1.85. The van der Waals surface area contributed by atoms with Crippen molar-refractivity contribution in [3.8, 4) is 0 Å². The number of fused-ring (bicyclic) bond motifs is 1. The van der Waals surface area contributed by atoms with Gasteiger partial charge in [0.25, 0.3) is 0 Å². The SMILES string of the molecule is Cn1cnc(CNc2ccc(N)c3ncccc23)n1. The Labute approximate surface area is 110 Å². The average molecular weight is 254 g/mol. The first-order chi connectivity index (χ1) is 9.24. The van der Waals surface area contributed by atoms with Crippen molar-refractivity contribution in [3.05, 3.63) is 42.6 Å². The van der Waals surface area contributed by atoms with Crippen molar-refractivity contribution in [1.82, 2.24) is 19.7 Å². The minimum atomic E-state index is 0.564. The van der Waals surface area contributed by atoms with Gasteiger partial charge in [-0.1, -0.05) is 0 Å². The first kappa shape index (κ1) is 11.5. The molecule has 0 saturated heterocycles. The van der Waals surface area contributed by atoms with E-state index < -0.39 is 0 Å². The summed E-state index contributed by atoms with van der Waals surface area (Å²) in [6.45, 7) is 0.564. The third kappa shape index (κ3) is 2.20. The highest BCUT2D eigenvalue weighted by molar-refractivity contribution is 5.98. The zero-order valence-corrected chi connectivity index (χ0v) is 10.5. The van der Waals surface area contributed by atoms with Crippen LogP contribution in [0, 0.1) is 0 Å². The lowest BCUT2D eigenvalue weighted by molar-refractivity contribution is 0.747. The number of nitrogens with two attached hydrogens (primary N) is 1. The van der Waals surface area contributed by atoms with Crippen LogP contribution in [0.2, 0.25) is 0 Å². The first-order valence-corrected chi connectivity index (χ1v) is 5.95. The highest BCUT2D eigenvalue weighted by atomic mass is 15.3. The molecular weight excluding hydrogens is 240 g/mol. The van der Waals surface area contributed by atoms with E-state index in [2.05, 4.69) is 20.4 Å². The van der Waals surface area contributed by atoms with Crippen molar-refractivity contribution < 1.29 is 0 Å². The lowest BCUT2D eigenvalue weighted by atomic mass is 10.1. The second kappa shape index (κ2) is 4.56. The smallest absolute Gasteiger partial charge is 0.169 e. The number of hydrogen-bond acceptors (Lipinski definition) is 5. The van der Waals surface area contributed by atoms with E-state index in [1.165, 1.54) is 0 Å². The van der Waals surface area contributed by atoms with Gasteiger partial charge in [-0.3, -0.25) is 9.67 Å². The molecule has 6 nitrogen and oxygen atoms in total. The van der Waals surface area contributed by atoms with Gasteiger partial charge in [0.05, 0.1) is 17.7 Å². The highest BCUT2D eigenvalue weighted by Crippen LogP contribution is 2.26. The third-order valence-electron chi connectivity index (χ3n) is 2.88. The topological polar surface area (TPSA) is 81.7 Å². The number of benzene rings is 1. The fourth-order valence-corrected chi connectivity index (χ4v) is 1.99. The van der Waals surface area contributed by atoms with E-state index >= 15 is 0 Å². The molecule has 0 fully saturated rings. The van der Waals surface area contributed by atoms with Gasteiger partial charge in [-0.05, 0) is 24.3 Å². The average Bonchev–Trinajstić information content (AvgIpc) is 2.84. The maximum Gasteiger partial charge on any atom is 0.169 e. The minimum absolute atomic E-state index is 0.564. The monoisotopic (exact) mass is 254 g/mol. The van der Waals surface area contributed by atoms with Gasteiger partial charge >= 0.3 is 0 Å². The van der Waals surface area contributed by atoms with E-state index in [9.17, 15) is 0 Å². The number of aromatic nitrogens is 4. The maximum absolute atomic E-state index is 5.92. The summed E-state index contributed by atoms with van der Waals surface area (Å²) in [4.78, 5) is 8.48. The summed E-state index contributed by atoms with van der Waals surface area (Å²) >= 11 is 0. The van der Waals surface area contributed by atoms with E-state index in [0.717, 1.165) is 22.4 Å². The predicted octanol–water partition coefficient (Wildman–Crippen LogP) is 1.56. The van der Waals surface area contributed by atoms with E-state index in [-0.39, 0.29) is 0 Å². The van der Waals surface area contributed by atoms with Crippen molar-refractivity contribution in [3.63, 3.8) is 0 Å². The molecule has 19 heavy (non-hydrogen) atoms. The molecule has 0 aliphatic heterocycles. The number of rotatable bonds is 3. The molecule has 3 rings (SSSR count).